The van der Waals surface area contributed by atoms with Crippen molar-refractivity contribution in [3.8, 4) is 90.5 Å². The Morgan fingerprint density at radius 2 is 0.473 bits per heavy atom. The van der Waals surface area contributed by atoms with Crippen molar-refractivity contribution in [1.82, 2.24) is 0 Å². The summed E-state index contributed by atoms with van der Waals surface area (Å²) < 4.78 is 38.2. The van der Waals surface area contributed by atoms with Gasteiger partial charge in [0.05, 0.1) is 33.6 Å². The Hall–Kier alpha value is -13.2. The molecule has 0 unspecified atom stereocenters. The summed E-state index contributed by atoms with van der Waals surface area (Å²) in [5, 5.41) is 3.07. The second kappa shape index (κ2) is 27.5. The summed E-state index contributed by atoms with van der Waals surface area (Å²) >= 11 is 0. The average Bonchev–Trinajstić information content (AvgIpc) is 0.669. The molecule has 0 saturated heterocycles. The van der Waals surface area contributed by atoms with Gasteiger partial charge in [-0.25, -0.2) is 28.1 Å². The molecule has 2 aliphatic heterocycles. The molecule has 0 atom stereocenters. The molecule has 17 rings (SSSR count). The second-order valence-corrected chi connectivity index (χ2v) is 30.3. The summed E-state index contributed by atoms with van der Waals surface area (Å²) in [4.78, 5) is 69.9. The highest BCUT2D eigenvalue weighted by Gasteiger charge is 2.44. The number of hydrogen-bond donors (Lipinski definition) is 0. The summed E-state index contributed by atoms with van der Waals surface area (Å²) in [7, 11) is 7.93. The second-order valence-electron chi connectivity index (χ2n) is 30.3. The molecule has 4 aromatic heterocycles. The van der Waals surface area contributed by atoms with E-state index in [-0.39, 0.29) is 68.9 Å². The van der Waals surface area contributed by atoms with Crippen LogP contribution in [0.15, 0.2) is 256 Å². The maximum Gasteiger partial charge on any atom is 0.266 e. The zero-order valence-electron chi connectivity index (χ0n) is 63.5. The predicted molar refractivity (Wildman–Crippen MR) is 432 cm³/mol. The van der Waals surface area contributed by atoms with Gasteiger partial charge in [-0.1, -0.05) is 140 Å². The monoisotopic (exact) mass is 1450 g/mol. The van der Waals surface area contributed by atoms with Crippen molar-refractivity contribution in [2.75, 3.05) is 9.80 Å². The highest BCUT2D eigenvalue weighted by atomic mass is 16.5. The van der Waals surface area contributed by atoms with E-state index in [0.717, 1.165) is 66.8 Å². The third-order valence-electron chi connectivity index (χ3n) is 21.5. The van der Waals surface area contributed by atoms with Crippen LogP contribution < -0.4 is 47.0 Å². The number of rotatable bonds is 18. The van der Waals surface area contributed by atoms with Crippen LogP contribution in [-0.4, -0.2) is 23.6 Å². The number of para-hydroxylation sites is 2. The minimum Gasteiger partial charge on any atom is -0.457 e. The fourth-order valence-corrected chi connectivity index (χ4v) is 16.2. The Bertz CT molecular complexity index is 5560. The van der Waals surface area contributed by atoms with E-state index in [1.807, 2.05) is 229 Å². The average molecular weight is 1450 g/mol. The number of amides is 4. The Labute approximate surface area is 638 Å². The van der Waals surface area contributed by atoms with Gasteiger partial charge < -0.3 is 18.9 Å². The molecule has 14 heteroatoms. The molecular formula is C96H82N6O8+4. The fourth-order valence-electron chi connectivity index (χ4n) is 16.2. The SMILES string of the molecule is CC(C)c1cccc(C(C)C)c1N1C(=O)c2cc(Oc3ccc(-c4ccc[n+](C)c4)cc3)c3c4c(Oc5ccc(-c6ccc[n+](C)c6)cc5)cc5c6c(cc(Oc7ccc(-c8ccc[n+](C)c8)cc7)c(c7c(Oc8ccc(-c9ccc[n+](C)c9)cc8)cc(c2c37)C1=O)c64)C(=O)N(c1c(C(C)C)cccc1C(C)C)C5=O. The maximum absolute atomic E-state index is 16.8. The number of carbonyl (C=O) groups is 4. The van der Waals surface area contributed by atoms with Crippen molar-refractivity contribution in [1.29, 1.82) is 0 Å². The third-order valence-corrected chi connectivity index (χ3v) is 21.5. The van der Waals surface area contributed by atoms with Crippen LogP contribution in [-0.2, 0) is 28.2 Å². The van der Waals surface area contributed by atoms with E-state index in [2.05, 4.69) is 104 Å². The van der Waals surface area contributed by atoms with Gasteiger partial charge in [-0.05, 0) is 165 Å². The molecule has 110 heavy (non-hydrogen) atoms. The lowest BCUT2D eigenvalue weighted by Crippen LogP contribution is -2.42. The van der Waals surface area contributed by atoms with E-state index in [9.17, 15) is 0 Å². The van der Waals surface area contributed by atoms with Crippen LogP contribution in [0.25, 0.3) is 87.6 Å². The van der Waals surface area contributed by atoms with Gasteiger partial charge in [0, 0.05) is 89.6 Å². The normalized spacial score (nSPS) is 12.9. The van der Waals surface area contributed by atoms with Crippen LogP contribution in [0.1, 0.15) is 143 Å². The third kappa shape index (κ3) is 12.1. The Balaban J connectivity index is 1.04. The molecule has 15 aromatic rings. The molecule has 0 N–H and O–H groups in total. The first kappa shape index (κ1) is 69.8. The van der Waals surface area contributed by atoms with Crippen molar-refractivity contribution in [2.45, 2.75) is 79.1 Å². The lowest BCUT2D eigenvalue weighted by molar-refractivity contribution is -0.671. The van der Waals surface area contributed by atoms with Gasteiger partial charge in [-0.3, -0.25) is 19.2 Å². The topological polar surface area (TPSA) is 127 Å². The predicted octanol–water partition coefficient (Wildman–Crippen LogP) is 21.0. The molecule has 6 heterocycles. The first-order valence-corrected chi connectivity index (χ1v) is 37.5. The number of imide groups is 2. The molecule has 0 aliphatic carbocycles. The van der Waals surface area contributed by atoms with Crippen LogP contribution in [0.4, 0.5) is 11.4 Å². The van der Waals surface area contributed by atoms with Gasteiger partial charge in [0.15, 0.2) is 49.6 Å². The maximum atomic E-state index is 16.8. The van der Waals surface area contributed by atoms with Gasteiger partial charge in [0.2, 0.25) is 0 Å². The van der Waals surface area contributed by atoms with Crippen molar-refractivity contribution in [3.05, 3.63) is 300 Å². The van der Waals surface area contributed by atoms with Gasteiger partial charge >= 0.3 is 0 Å². The first-order valence-electron chi connectivity index (χ1n) is 37.5. The van der Waals surface area contributed by atoms with E-state index >= 15 is 19.2 Å². The van der Waals surface area contributed by atoms with Crippen LogP contribution >= 0.6 is 0 Å². The lowest BCUT2D eigenvalue weighted by atomic mass is 9.80. The summed E-state index contributed by atoms with van der Waals surface area (Å²) in [5.41, 5.74) is 12.7. The highest BCUT2D eigenvalue weighted by Crippen LogP contribution is 2.59. The number of fused-ring (bicyclic) bond motifs is 2. The Morgan fingerprint density at radius 1 is 0.255 bits per heavy atom. The molecule has 0 fully saturated rings. The highest BCUT2D eigenvalue weighted by molar-refractivity contribution is 6.48. The number of anilines is 2. The Kier molecular flexibility index (Phi) is 17.5. The summed E-state index contributed by atoms with van der Waals surface area (Å²) in [6.45, 7) is 16.6. The van der Waals surface area contributed by atoms with Crippen molar-refractivity contribution < 1.29 is 56.4 Å². The molecule has 0 bridgehead atoms. The van der Waals surface area contributed by atoms with Crippen LogP contribution in [0.3, 0.4) is 0 Å². The number of benzene rings is 11. The number of aromatic nitrogens is 4. The quantitative estimate of drug-likeness (QED) is 0.0360. The first-order chi connectivity index (χ1) is 53.1. The van der Waals surface area contributed by atoms with E-state index in [1.165, 1.54) is 9.80 Å². The molecule has 11 aromatic carbocycles. The van der Waals surface area contributed by atoms with Crippen molar-refractivity contribution in [2.24, 2.45) is 28.2 Å². The molecule has 0 spiro atoms. The van der Waals surface area contributed by atoms with Crippen LogP contribution in [0.5, 0.6) is 46.0 Å². The number of hydrogen-bond acceptors (Lipinski definition) is 8. The lowest BCUT2D eigenvalue weighted by Gasteiger charge is -2.35. The van der Waals surface area contributed by atoms with Gasteiger partial charge in [-0.2, -0.15) is 0 Å². The molecule has 2 aliphatic rings. The minimum atomic E-state index is -0.562. The molecular weight excluding hydrogens is 1370 g/mol. The number of pyridine rings is 4. The van der Waals surface area contributed by atoms with E-state index in [4.69, 9.17) is 18.9 Å². The smallest absolute Gasteiger partial charge is 0.266 e. The minimum absolute atomic E-state index is 0.111. The van der Waals surface area contributed by atoms with Crippen LogP contribution in [0, 0.1) is 0 Å². The zero-order valence-corrected chi connectivity index (χ0v) is 63.5. The number of aryl methyl sites for hydroxylation is 4. The van der Waals surface area contributed by atoms with Gasteiger partial charge in [0.1, 0.15) is 74.2 Å². The van der Waals surface area contributed by atoms with Gasteiger partial charge in [-0.15, -0.1) is 0 Å². The number of ether oxygens (including phenoxy) is 4. The number of carbonyl (C=O) groups excluding carboxylic acids is 4. The molecule has 4 amide bonds. The van der Waals surface area contributed by atoms with Gasteiger partial charge in [0.25, 0.3) is 23.6 Å². The largest absolute Gasteiger partial charge is 0.457 e. The zero-order chi connectivity index (χ0) is 76.2. The van der Waals surface area contributed by atoms with Crippen molar-refractivity contribution in [3.63, 3.8) is 0 Å². The van der Waals surface area contributed by atoms with Crippen LogP contribution in [0.2, 0.25) is 0 Å². The summed E-state index contributed by atoms with van der Waals surface area (Å²) in [5.74, 6) is -0.180. The summed E-state index contributed by atoms with van der Waals surface area (Å²) in [6, 6.07) is 66.4. The molecule has 14 nitrogen and oxygen atoms in total. The standard InChI is InChI=1S/C96H82N6O8/c1-55(2)71-23-13-24-72(56(3)4)91(71)101-93(103)75-47-79(107-67-35-27-59(28-36-67)63-19-15-43-97(9)51-63)85-87-81(109-69-39-31-61(32-40-69)65-21-17-45-99(11)53-65)49-77-84-78(96(106)102(95(77)105)92-73(57(5)6)25-14-26-74(92)58(7)8)50-82(110-70-41-33-62(34-42-70)66-22-18-46-100(12)54-66)88(90(84)87)86-80(48-76(94(101)104)83(75)89(85)86)108-68-37-29-60(30-38-68)64-20-16-44-98(10)52-64/h13-58H,1-12H3/q+4. The summed E-state index contributed by atoms with van der Waals surface area (Å²) in [6.07, 6.45) is 16.1. The van der Waals surface area contributed by atoms with E-state index in [1.54, 1.807) is 24.3 Å². The fraction of sp³-hybridized carbons (Fsp3) is 0.167. The molecule has 540 valence electrons. The molecule has 0 saturated carbocycles. The van der Waals surface area contributed by atoms with E-state index < -0.39 is 23.6 Å². The van der Waals surface area contributed by atoms with E-state index in [0.29, 0.717) is 77.5 Å². The Morgan fingerprint density at radius 3 is 0.673 bits per heavy atom. The van der Waals surface area contributed by atoms with Crippen molar-refractivity contribution >= 4 is 78.1 Å². The molecule has 0 radical (unpaired) electrons. The number of nitrogens with zero attached hydrogens (tertiary/aromatic N) is 6.